The molecule has 7 nitrogen and oxygen atoms in total. The monoisotopic (exact) mass is 547 g/mol. The molecule has 0 fully saturated rings. The first-order valence-electron chi connectivity index (χ1n) is 12.6. The third kappa shape index (κ3) is 4.34. The van der Waals surface area contributed by atoms with Crippen LogP contribution in [0.4, 0.5) is 5.95 Å². The summed E-state index contributed by atoms with van der Waals surface area (Å²) in [5.74, 6) is 0.508. The average Bonchev–Trinajstić information content (AvgIpc) is 3.59. The third-order valence-corrected chi connectivity index (χ3v) is 7.97. The molecular weight excluding hydrogens is 521 g/mol. The first-order valence-corrected chi connectivity index (χ1v) is 13.4. The predicted molar refractivity (Wildman–Crippen MR) is 151 cm³/mol. The fourth-order valence-electron chi connectivity index (χ4n) is 5.60. The fraction of sp³-hybridized carbons (Fsp3) is 0.276. The molecule has 2 aliphatic rings. The van der Waals surface area contributed by atoms with E-state index in [0.717, 1.165) is 29.7 Å². The van der Waals surface area contributed by atoms with Crippen LogP contribution in [-0.4, -0.2) is 40.3 Å². The van der Waals surface area contributed by atoms with Gasteiger partial charge in [-0.15, -0.1) is 5.10 Å². The highest BCUT2D eigenvalue weighted by atomic mass is 35.5. The largest absolute Gasteiger partial charge is 0.383 e. The Labute approximate surface area is 230 Å². The number of rotatable bonds is 7. The molecule has 0 radical (unpaired) electrons. The van der Waals surface area contributed by atoms with Crippen LogP contribution in [0.1, 0.15) is 28.7 Å². The molecule has 0 unspecified atom stereocenters. The summed E-state index contributed by atoms with van der Waals surface area (Å²) in [5, 5.41) is 13.2. The number of hydrogen-bond donors (Lipinski definition) is 0. The first-order chi connectivity index (χ1) is 18.5. The minimum Gasteiger partial charge on any atom is -0.383 e. The van der Waals surface area contributed by atoms with Crippen molar-refractivity contribution in [3.63, 3.8) is 0 Å². The molecule has 194 valence electrons. The van der Waals surface area contributed by atoms with E-state index in [4.69, 9.17) is 38.1 Å². The minimum atomic E-state index is -0.313. The van der Waals surface area contributed by atoms with Crippen molar-refractivity contribution in [3.05, 3.63) is 116 Å². The molecule has 38 heavy (non-hydrogen) atoms. The molecule has 1 atom stereocenters. The summed E-state index contributed by atoms with van der Waals surface area (Å²) in [6.45, 7) is 1.68. The maximum Gasteiger partial charge on any atom is 0.347 e. The molecule has 0 saturated carbocycles. The quantitative estimate of drug-likeness (QED) is 0.320. The molecule has 1 spiro atoms. The van der Waals surface area contributed by atoms with E-state index in [9.17, 15) is 4.79 Å². The van der Waals surface area contributed by atoms with Gasteiger partial charge in [0.05, 0.1) is 37.4 Å². The highest BCUT2D eigenvalue weighted by molar-refractivity contribution is 6.31. The van der Waals surface area contributed by atoms with Crippen LogP contribution in [0.2, 0.25) is 10.0 Å². The van der Waals surface area contributed by atoms with Gasteiger partial charge < -0.3 is 4.74 Å². The molecule has 4 aromatic rings. The second kappa shape index (κ2) is 10.1. The Hall–Kier alpha value is -3.39. The number of anilines is 1. The van der Waals surface area contributed by atoms with Gasteiger partial charge >= 0.3 is 5.69 Å². The number of aryl methyl sites for hydroxylation is 1. The number of methoxy groups -OCH3 is 1. The number of fused-ring (bicyclic) bond motifs is 2. The summed E-state index contributed by atoms with van der Waals surface area (Å²) in [5.41, 5.74) is 5.02. The number of hydrogen-bond acceptors (Lipinski definition) is 5. The van der Waals surface area contributed by atoms with Crippen molar-refractivity contribution in [2.24, 2.45) is 5.10 Å². The topological polar surface area (TPSA) is 64.7 Å². The van der Waals surface area contributed by atoms with Gasteiger partial charge in [0.15, 0.2) is 0 Å². The zero-order chi connectivity index (χ0) is 26.3. The van der Waals surface area contributed by atoms with Gasteiger partial charge in [0.25, 0.3) is 0 Å². The Balaban J connectivity index is 1.45. The molecule has 0 amide bonds. The maximum atomic E-state index is 13.5. The second-order valence-corrected chi connectivity index (χ2v) is 10.6. The number of halogens is 2. The van der Waals surface area contributed by atoms with Gasteiger partial charge in [0, 0.05) is 17.2 Å². The predicted octanol–water partition coefficient (Wildman–Crippen LogP) is 5.15. The average molecular weight is 548 g/mol. The molecule has 9 heteroatoms. The molecule has 0 saturated heterocycles. The molecular formula is C29H27Cl2N5O2. The summed E-state index contributed by atoms with van der Waals surface area (Å²) in [7, 11) is 1.62. The molecule has 0 bridgehead atoms. The summed E-state index contributed by atoms with van der Waals surface area (Å²) in [6, 6.07) is 23.8. The molecule has 1 aromatic heterocycles. The summed E-state index contributed by atoms with van der Waals surface area (Å²) >= 11 is 12.3. The fourth-order valence-corrected chi connectivity index (χ4v) is 5.85. The van der Waals surface area contributed by atoms with Gasteiger partial charge in [0.1, 0.15) is 0 Å². The Morgan fingerprint density at radius 3 is 2.42 bits per heavy atom. The maximum absolute atomic E-state index is 13.5. The Morgan fingerprint density at radius 1 is 0.974 bits per heavy atom. The number of benzene rings is 3. The first kappa shape index (κ1) is 24.9. The number of hydrazone groups is 1. The highest BCUT2D eigenvalue weighted by Gasteiger charge is 2.49. The SMILES string of the molecule is COCCn1c(N2C[C@]3(CCc4ccccc43)C(c3ccc(Cl)cc3)=N2)nn(Cc2ccc(Cl)cc2)c1=O. The standard InChI is InChI=1S/C29H27Cl2N5O2/c1-38-17-16-34-27(33-35(28(34)37)18-20-6-10-23(30)11-7-20)36-19-29(15-14-21-4-2-3-5-25(21)29)26(32-36)22-8-12-24(31)13-9-22/h2-13H,14-19H2,1H3/t29-/m0/s1. The van der Waals surface area contributed by atoms with Gasteiger partial charge in [-0.1, -0.05) is 71.7 Å². The van der Waals surface area contributed by atoms with Crippen molar-refractivity contribution in [1.82, 2.24) is 14.3 Å². The normalized spacial score (nSPS) is 18.3. The smallest absolute Gasteiger partial charge is 0.347 e. The van der Waals surface area contributed by atoms with Crippen LogP contribution in [0.5, 0.6) is 0 Å². The van der Waals surface area contributed by atoms with Crippen molar-refractivity contribution in [1.29, 1.82) is 0 Å². The van der Waals surface area contributed by atoms with E-state index in [1.165, 1.54) is 15.8 Å². The van der Waals surface area contributed by atoms with Crippen molar-refractivity contribution < 1.29 is 4.74 Å². The van der Waals surface area contributed by atoms with E-state index in [1.807, 2.05) is 53.5 Å². The Morgan fingerprint density at radius 2 is 1.68 bits per heavy atom. The van der Waals surface area contributed by atoms with Gasteiger partial charge in [-0.3, -0.25) is 4.57 Å². The highest BCUT2D eigenvalue weighted by Crippen LogP contribution is 2.46. The van der Waals surface area contributed by atoms with E-state index in [0.29, 0.717) is 42.2 Å². The molecule has 3 aromatic carbocycles. The lowest BCUT2D eigenvalue weighted by molar-refractivity contribution is 0.186. The van der Waals surface area contributed by atoms with Crippen LogP contribution in [0.25, 0.3) is 0 Å². The summed E-state index contributed by atoms with van der Waals surface area (Å²) in [4.78, 5) is 13.5. The molecule has 1 aliphatic carbocycles. The van der Waals surface area contributed by atoms with Crippen LogP contribution in [-0.2, 0) is 29.7 Å². The minimum absolute atomic E-state index is 0.206. The molecule has 0 N–H and O–H groups in total. The van der Waals surface area contributed by atoms with E-state index >= 15 is 0 Å². The lowest BCUT2D eigenvalue weighted by Gasteiger charge is -2.27. The lowest BCUT2D eigenvalue weighted by Crippen LogP contribution is -2.37. The van der Waals surface area contributed by atoms with Gasteiger partial charge in [-0.2, -0.15) is 5.10 Å². The summed E-state index contributed by atoms with van der Waals surface area (Å²) < 4.78 is 8.46. The van der Waals surface area contributed by atoms with Gasteiger partial charge in [-0.25, -0.2) is 14.5 Å². The van der Waals surface area contributed by atoms with Crippen LogP contribution >= 0.6 is 23.2 Å². The Bertz CT molecular complexity index is 1560. The molecule has 2 heterocycles. The van der Waals surface area contributed by atoms with Gasteiger partial charge in [-0.05, 0) is 59.4 Å². The lowest BCUT2D eigenvalue weighted by atomic mass is 9.75. The van der Waals surface area contributed by atoms with E-state index in [2.05, 4.69) is 24.3 Å². The summed E-state index contributed by atoms with van der Waals surface area (Å²) in [6.07, 6.45) is 1.90. The van der Waals surface area contributed by atoms with E-state index in [1.54, 1.807) is 11.7 Å². The van der Waals surface area contributed by atoms with Gasteiger partial charge in [0.2, 0.25) is 5.95 Å². The van der Waals surface area contributed by atoms with Crippen molar-refractivity contribution in [2.75, 3.05) is 25.3 Å². The Kier molecular flexibility index (Phi) is 6.60. The molecule has 1 aliphatic heterocycles. The van der Waals surface area contributed by atoms with Crippen molar-refractivity contribution in [2.45, 2.75) is 31.3 Å². The van der Waals surface area contributed by atoms with Crippen LogP contribution in [0, 0.1) is 0 Å². The van der Waals surface area contributed by atoms with E-state index in [-0.39, 0.29) is 11.1 Å². The second-order valence-electron chi connectivity index (χ2n) is 9.76. The number of nitrogens with zero attached hydrogens (tertiary/aromatic N) is 5. The van der Waals surface area contributed by atoms with Crippen molar-refractivity contribution in [3.8, 4) is 0 Å². The van der Waals surface area contributed by atoms with Crippen LogP contribution in [0.3, 0.4) is 0 Å². The zero-order valence-corrected chi connectivity index (χ0v) is 22.5. The van der Waals surface area contributed by atoms with Crippen molar-refractivity contribution >= 4 is 34.9 Å². The van der Waals surface area contributed by atoms with E-state index < -0.39 is 0 Å². The number of aromatic nitrogens is 3. The number of ether oxygens (including phenoxy) is 1. The zero-order valence-electron chi connectivity index (χ0n) is 21.0. The van der Waals surface area contributed by atoms with Crippen LogP contribution < -0.4 is 10.7 Å². The third-order valence-electron chi connectivity index (χ3n) is 7.46. The van der Waals surface area contributed by atoms with Crippen LogP contribution in [0.15, 0.2) is 82.7 Å². The molecule has 6 rings (SSSR count).